The minimum atomic E-state index is 0.259. The summed E-state index contributed by atoms with van der Waals surface area (Å²) in [7, 11) is 0. The molecule has 0 bridgehead atoms. The number of piperidine rings is 1. The Morgan fingerprint density at radius 3 is 2.67 bits per heavy atom. The van der Waals surface area contributed by atoms with E-state index in [0.717, 1.165) is 31.5 Å². The smallest absolute Gasteiger partial charge is 0.139 e. The molecule has 0 radical (unpaired) electrons. The fourth-order valence-corrected chi connectivity index (χ4v) is 2.21. The average molecular weight is 247 g/mol. The van der Waals surface area contributed by atoms with Crippen molar-refractivity contribution in [1.29, 1.82) is 0 Å². The van der Waals surface area contributed by atoms with Gasteiger partial charge in [0.05, 0.1) is 12.7 Å². The van der Waals surface area contributed by atoms with Crippen molar-refractivity contribution in [2.24, 2.45) is 0 Å². The predicted molar refractivity (Wildman–Crippen MR) is 71.6 cm³/mol. The largest absolute Gasteiger partial charge is 0.378 e. The molecule has 0 saturated carbocycles. The van der Waals surface area contributed by atoms with Gasteiger partial charge in [0.15, 0.2) is 0 Å². The molecule has 0 spiro atoms. The minimum Gasteiger partial charge on any atom is -0.378 e. The first-order chi connectivity index (χ1) is 8.84. The van der Waals surface area contributed by atoms with Crippen molar-refractivity contribution in [3.63, 3.8) is 0 Å². The summed E-state index contributed by atoms with van der Waals surface area (Å²) in [5.74, 6) is 0.259. The number of hydrogen-bond donors (Lipinski definition) is 1. The summed E-state index contributed by atoms with van der Waals surface area (Å²) in [6.45, 7) is 2.63. The molecular weight excluding hydrogens is 226 g/mol. The Bertz CT molecular complexity index is 358. The van der Waals surface area contributed by atoms with Crippen molar-refractivity contribution in [2.45, 2.75) is 31.8 Å². The molecule has 18 heavy (non-hydrogen) atoms. The number of ether oxygens (including phenoxy) is 1. The Labute approximate surface area is 109 Å². The minimum absolute atomic E-state index is 0.259. The van der Waals surface area contributed by atoms with E-state index in [0.29, 0.717) is 25.6 Å². The van der Waals surface area contributed by atoms with Crippen LogP contribution >= 0.6 is 0 Å². The third-order valence-electron chi connectivity index (χ3n) is 3.26. The van der Waals surface area contributed by atoms with Crippen LogP contribution in [0.15, 0.2) is 30.3 Å². The lowest BCUT2D eigenvalue weighted by atomic mass is 10.1. The van der Waals surface area contributed by atoms with E-state index in [9.17, 15) is 4.79 Å². The number of ketones is 1. The summed E-state index contributed by atoms with van der Waals surface area (Å²) in [6, 6.07) is 9.88. The molecule has 1 aromatic rings. The van der Waals surface area contributed by atoms with Gasteiger partial charge in [0.1, 0.15) is 5.78 Å². The number of benzene rings is 1. The molecular formula is C15H21NO2. The van der Waals surface area contributed by atoms with Crippen molar-refractivity contribution < 1.29 is 9.53 Å². The molecule has 0 unspecified atom stereocenters. The molecule has 1 N–H and O–H groups in total. The van der Waals surface area contributed by atoms with E-state index in [-0.39, 0.29) is 5.78 Å². The Morgan fingerprint density at radius 2 is 1.94 bits per heavy atom. The van der Waals surface area contributed by atoms with E-state index in [4.69, 9.17) is 4.74 Å². The standard InChI is InChI=1S/C15H21NO2/c17-14(12-13-4-2-1-3-5-13)8-11-18-15-6-9-16-10-7-15/h1-5,15-16H,6-12H2. The number of hydrogen-bond acceptors (Lipinski definition) is 3. The van der Waals surface area contributed by atoms with Gasteiger partial charge < -0.3 is 10.1 Å². The topological polar surface area (TPSA) is 38.3 Å². The second kappa shape index (κ2) is 7.29. The second-order valence-electron chi connectivity index (χ2n) is 4.77. The lowest BCUT2D eigenvalue weighted by Crippen LogP contribution is -2.32. The molecule has 0 aliphatic carbocycles. The van der Waals surface area contributed by atoms with Crippen molar-refractivity contribution in [3.8, 4) is 0 Å². The zero-order valence-corrected chi connectivity index (χ0v) is 10.7. The van der Waals surface area contributed by atoms with Crippen LogP contribution in [0.1, 0.15) is 24.8 Å². The van der Waals surface area contributed by atoms with E-state index < -0.39 is 0 Å². The van der Waals surface area contributed by atoms with Crippen LogP contribution in [-0.2, 0) is 16.0 Å². The molecule has 0 aromatic heterocycles. The van der Waals surface area contributed by atoms with E-state index >= 15 is 0 Å². The first-order valence-electron chi connectivity index (χ1n) is 6.72. The first kappa shape index (κ1) is 13.2. The second-order valence-corrected chi connectivity index (χ2v) is 4.77. The molecule has 1 heterocycles. The maximum Gasteiger partial charge on any atom is 0.139 e. The van der Waals surface area contributed by atoms with Gasteiger partial charge in [-0.1, -0.05) is 30.3 Å². The zero-order valence-electron chi connectivity index (χ0n) is 10.7. The van der Waals surface area contributed by atoms with Gasteiger partial charge in [-0.2, -0.15) is 0 Å². The monoisotopic (exact) mass is 247 g/mol. The van der Waals surface area contributed by atoms with Gasteiger partial charge >= 0.3 is 0 Å². The van der Waals surface area contributed by atoms with Crippen LogP contribution in [0.2, 0.25) is 0 Å². The summed E-state index contributed by atoms with van der Waals surface area (Å²) in [6.07, 6.45) is 3.52. The van der Waals surface area contributed by atoms with Gasteiger partial charge in [0, 0.05) is 12.8 Å². The molecule has 1 aliphatic rings. The fraction of sp³-hybridized carbons (Fsp3) is 0.533. The molecule has 3 nitrogen and oxygen atoms in total. The number of carbonyl (C=O) groups is 1. The number of Topliss-reactive ketones (excluding diaryl/α,β-unsaturated/α-hetero) is 1. The quantitative estimate of drug-likeness (QED) is 0.835. The highest BCUT2D eigenvalue weighted by Crippen LogP contribution is 2.08. The Morgan fingerprint density at radius 1 is 1.22 bits per heavy atom. The van der Waals surface area contributed by atoms with Crippen molar-refractivity contribution in [1.82, 2.24) is 5.32 Å². The summed E-state index contributed by atoms with van der Waals surface area (Å²) in [5.41, 5.74) is 1.09. The molecule has 1 aliphatic heterocycles. The van der Waals surface area contributed by atoms with Gasteiger partial charge in [-0.05, 0) is 31.5 Å². The predicted octanol–water partition coefficient (Wildman–Crippen LogP) is 1.96. The van der Waals surface area contributed by atoms with Crippen molar-refractivity contribution in [2.75, 3.05) is 19.7 Å². The van der Waals surface area contributed by atoms with Crippen LogP contribution in [0.4, 0.5) is 0 Å². The van der Waals surface area contributed by atoms with Gasteiger partial charge in [-0.3, -0.25) is 4.79 Å². The highest BCUT2D eigenvalue weighted by molar-refractivity contribution is 5.80. The van der Waals surface area contributed by atoms with E-state index in [1.807, 2.05) is 30.3 Å². The summed E-state index contributed by atoms with van der Waals surface area (Å²) < 4.78 is 5.73. The van der Waals surface area contributed by atoms with Crippen LogP contribution in [-0.4, -0.2) is 31.6 Å². The van der Waals surface area contributed by atoms with Crippen LogP contribution in [0, 0.1) is 0 Å². The van der Waals surface area contributed by atoms with Gasteiger partial charge in [0.2, 0.25) is 0 Å². The molecule has 1 fully saturated rings. The number of carbonyl (C=O) groups excluding carboxylic acids is 1. The summed E-state index contributed by atoms with van der Waals surface area (Å²) in [5, 5.41) is 3.30. The SMILES string of the molecule is O=C(CCOC1CCNCC1)Cc1ccccc1. The highest BCUT2D eigenvalue weighted by atomic mass is 16.5. The third-order valence-corrected chi connectivity index (χ3v) is 3.26. The number of nitrogens with one attached hydrogen (secondary N) is 1. The van der Waals surface area contributed by atoms with Crippen LogP contribution < -0.4 is 5.32 Å². The average Bonchev–Trinajstić information content (AvgIpc) is 2.41. The number of rotatable bonds is 6. The normalized spacial score (nSPS) is 16.7. The molecule has 2 rings (SSSR count). The zero-order chi connectivity index (χ0) is 12.6. The summed E-state index contributed by atoms with van der Waals surface area (Å²) >= 11 is 0. The van der Waals surface area contributed by atoms with Crippen molar-refractivity contribution in [3.05, 3.63) is 35.9 Å². The van der Waals surface area contributed by atoms with Crippen LogP contribution in [0.25, 0.3) is 0 Å². The molecule has 1 saturated heterocycles. The molecule has 0 amide bonds. The van der Waals surface area contributed by atoms with Crippen molar-refractivity contribution >= 4 is 5.78 Å². The Hall–Kier alpha value is -1.19. The lowest BCUT2D eigenvalue weighted by Gasteiger charge is -2.22. The van der Waals surface area contributed by atoms with E-state index in [2.05, 4.69) is 5.32 Å². The summed E-state index contributed by atoms with van der Waals surface area (Å²) in [4.78, 5) is 11.8. The van der Waals surface area contributed by atoms with E-state index in [1.54, 1.807) is 0 Å². The maximum absolute atomic E-state index is 11.8. The van der Waals surface area contributed by atoms with E-state index in [1.165, 1.54) is 0 Å². The Balaban J connectivity index is 1.62. The molecule has 98 valence electrons. The third kappa shape index (κ3) is 4.59. The Kier molecular flexibility index (Phi) is 5.36. The lowest BCUT2D eigenvalue weighted by molar-refractivity contribution is -0.120. The van der Waals surface area contributed by atoms with Gasteiger partial charge in [-0.15, -0.1) is 0 Å². The van der Waals surface area contributed by atoms with Gasteiger partial charge in [0.25, 0.3) is 0 Å². The molecule has 0 atom stereocenters. The van der Waals surface area contributed by atoms with Gasteiger partial charge in [-0.25, -0.2) is 0 Å². The fourth-order valence-electron chi connectivity index (χ4n) is 2.21. The highest BCUT2D eigenvalue weighted by Gasteiger charge is 2.13. The molecule has 1 aromatic carbocycles. The molecule has 3 heteroatoms. The maximum atomic E-state index is 11.8. The first-order valence-corrected chi connectivity index (χ1v) is 6.72. The van der Waals surface area contributed by atoms with Crippen LogP contribution in [0.3, 0.4) is 0 Å². The van der Waals surface area contributed by atoms with Crippen LogP contribution in [0.5, 0.6) is 0 Å².